The lowest BCUT2D eigenvalue weighted by Crippen LogP contribution is -2.43. The predicted molar refractivity (Wildman–Crippen MR) is 104 cm³/mol. The number of nitrogens with one attached hydrogen (secondary N) is 1. The maximum absolute atomic E-state index is 12.3. The van der Waals surface area contributed by atoms with Gasteiger partial charge in [0.1, 0.15) is 0 Å². The van der Waals surface area contributed by atoms with Crippen molar-refractivity contribution in [2.45, 2.75) is 38.5 Å². The maximum Gasteiger partial charge on any atom is 0.317 e. The molecule has 0 saturated carbocycles. The van der Waals surface area contributed by atoms with Gasteiger partial charge in [-0.3, -0.25) is 4.79 Å². The van der Waals surface area contributed by atoms with Crippen molar-refractivity contribution in [3.8, 4) is 0 Å². The number of urea groups is 1. The molecule has 0 bridgehead atoms. The minimum Gasteiger partial charge on any atom is -0.343 e. The highest BCUT2D eigenvalue weighted by atomic mass is 16.2. The monoisotopic (exact) mass is 355 g/mol. The molecule has 2 heterocycles. The Morgan fingerprint density at radius 3 is 2.65 bits per heavy atom. The Labute approximate surface area is 156 Å². The summed E-state index contributed by atoms with van der Waals surface area (Å²) in [6.07, 6.45) is 7.79. The van der Waals surface area contributed by atoms with E-state index < -0.39 is 0 Å². The molecule has 5 heteroatoms. The van der Waals surface area contributed by atoms with E-state index in [4.69, 9.17) is 0 Å². The van der Waals surface area contributed by atoms with E-state index >= 15 is 0 Å². The standard InChI is InChI=1S/C21H29N3O2/c25-20-10-5-2-6-14-23(20)15-7-13-22-21(26)24-16-11-19(12-17-24)18-8-3-1-4-9-18/h1,3-4,8-9,11H,2,5-7,10,12-17H2,(H,22,26). The van der Waals surface area contributed by atoms with Gasteiger partial charge in [0.15, 0.2) is 0 Å². The Kier molecular flexibility index (Phi) is 6.69. The largest absolute Gasteiger partial charge is 0.343 e. The van der Waals surface area contributed by atoms with Crippen molar-refractivity contribution in [1.82, 2.24) is 15.1 Å². The number of carbonyl (C=O) groups is 2. The van der Waals surface area contributed by atoms with Gasteiger partial charge >= 0.3 is 6.03 Å². The first kappa shape index (κ1) is 18.5. The predicted octanol–water partition coefficient (Wildman–Crippen LogP) is 3.28. The fourth-order valence-electron chi connectivity index (χ4n) is 3.62. The summed E-state index contributed by atoms with van der Waals surface area (Å²) in [6, 6.07) is 10.3. The molecule has 0 radical (unpaired) electrons. The Morgan fingerprint density at radius 1 is 1.04 bits per heavy atom. The third-order valence-electron chi connectivity index (χ3n) is 5.19. The molecule has 0 aromatic heterocycles. The molecule has 1 aromatic carbocycles. The fourth-order valence-corrected chi connectivity index (χ4v) is 3.62. The van der Waals surface area contributed by atoms with Gasteiger partial charge in [-0.05, 0) is 36.8 Å². The summed E-state index contributed by atoms with van der Waals surface area (Å²) in [5.41, 5.74) is 2.56. The van der Waals surface area contributed by atoms with Crippen LogP contribution in [0.3, 0.4) is 0 Å². The molecule has 1 saturated heterocycles. The van der Waals surface area contributed by atoms with Gasteiger partial charge in [-0.2, -0.15) is 0 Å². The van der Waals surface area contributed by atoms with Crippen LogP contribution in [0, 0.1) is 0 Å². The number of amides is 3. The van der Waals surface area contributed by atoms with Gasteiger partial charge in [0.2, 0.25) is 5.91 Å². The van der Waals surface area contributed by atoms with Crippen LogP contribution in [0.5, 0.6) is 0 Å². The minimum absolute atomic E-state index is 0.00412. The van der Waals surface area contributed by atoms with E-state index in [0.29, 0.717) is 19.5 Å². The number of hydrogen-bond acceptors (Lipinski definition) is 2. The summed E-state index contributed by atoms with van der Waals surface area (Å²) in [4.78, 5) is 28.1. The second kappa shape index (κ2) is 9.41. The molecule has 0 aliphatic carbocycles. The zero-order chi connectivity index (χ0) is 18.2. The number of hydrogen-bond donors (Lipinski definition) is 1. The molecule has 140 valence electrons. The highest BCUT2D eigenvalue weighted by Gasteiger charge is 2.18. The van der Waals surface area contributed by atoms with Gasteiger partial charge < -0.3 is 15.1 Å². The lowest BCUT2D eigenvalue weighted by atomic mass is 10.00. The summed E-state index contributed by atoms with van der Waals surface area (Å²) in [5.74, 6) is 0.267. The van der Waals surface area contributed by atoms with Crippen LogP contribution in [-0.2, 0) is 4.79 Å². The Balaban J connectivity index is 1.38. The number of nitrogens with zero attached hydrogens (tertiary/aromatic N) is 2. The van der Waals surface area contributed by atoms with Crippen LogP contribution in [-0.4, -0.2) is 54.5 Å². The molecular weight excluding hydrogens is 326 g/mol. The molecule has 5 nitrogen and oxygen atoms in total. The molecule has 0 unspecified atom stereocenters. The summed E-state index contributed by atoms with van der Waals surface area (Å²) < 4.78 is 0. The lowest BCUT2D eigenvalue weighted by Gasteiger charge is -2.27. The molecule has 0 spiro atoms. The van der Waals surface area contributed by atoms with Gasteiger partial charge in [-0.25, -0.2) is 4.79 Å². The highest BCUT2D eigenvalue weighted by molar-refractivity contribution is 5.77. The van der Waals surface area contributed by atoms with Crippen molar-refractivity contribution in [3.63, 3.8) is 0 Å². The zero-order valence-electron chi connectivity index (χ0n) is 15.5. The molecule has 1 fully saturated rings. The van der Waals surface area contributed by atoms with E-state index in [-0.39, 0.29) is 11.9 Å². The van der Waals surface area contributed by atoms with Gasteiger partial charge in [0.25, 0.3) is 0 Å². The molecular formula is C21H29N3O2. The van der Waals surface area contributed by atoms with Gasteiger partial charge in [0.05, 0.1) is 0 Å². The van der Waals surface area contributed by atoms with Crippen molar-refractivity contribution in [3.05, 3.63) is 42.0 Å². The first-order valence-corrected chi connectivity index (χ1v) is 9.79. The molecule has 1 N–H and O–H groups in total. The number of rotatable bonds is 5. The quantitative estimate of drug-likeness (QED) is 0.824. The van der Waals surface area contributed by atoms with Crippen LogP contribution in [0.25, 0.3) is 5.57 Å². The maximum atomic E-state index is 12.3. The third-order valence-corrected chi connectivity index (χ3v) is 5.19. The van der Waals surface area contributed by atoms with Crippen LogP contribution in [0.1, 0.15) is 44.1 Å². The first-order valence-electron chi connectivity index (χ1n) is 9.79. The van der Waals surface area contributed by atoms with E-state index in [2.05, 4.69) is 23.5 Å². The lowest BCUT2D eigenvalue weighted by molar-refractivity contribution is -0.130. The second-order valence-electron chi connectivity index (χ2n) is 7.07. The second-order valence-corrected chi connectivity index (χ2v) is 7.07. The molecule has 26 heavy (non-hydrogen) atoms. The van der Waals surface area contributed by atoms with Crippen LogP contribution in [0.2, 0.25) is 0 Å². The topological polar surface area (TPSA) is 52.7 Å². The van der Waals surface area contributed by atoms with E-state index in [1.54, 1.807) is 0 Å². The summed E-state index contributed by atoms with van der Waals surface area (Å²) in [7, 11) is 0. The molecule has 0 atom stereocenters. The average molecular weight is 355 g/mol. The summed E-state index contributed by atoms with van der Waals surface area (Å²) >= 11 is 0. The van der Waals surface area contributed by atoms with Crippen LogP contribution in [0.4, 0.5) is 4.79 Å². The van der Waals surface area contributed by atoms with E-state index in [1.165, 1.54) is 11.1 Å². The van der Waals surface area contributed by atoms with Crippen molar-refractivity contribution in [2.75, 3.05) is 32.7 Å². The number of likely N-dealkylation sites (tertiary alicyclic amines) is 1. The van der Waals surface area contributed by atoms with Crippen molar-refractivity contribution >= 4 is 17.5 Å². The smallest absolute Gasteiger partial charge is 0.317 e. The van der Waals surface area contributed by atoms with Crippen LogP contribution < -0.4 is 5.32 Å². The van der Waals surface area contributed by atoms with Crippen molar-refractivity contribution in [2.24, 2.45) is 0 Å². The van der Waals surface area contributed by atoms with Crippen LogP contribution in [0.15, 0.2) is 36.4 Å². The van der Waals surface area contributed by atoms with Crippen molar-refractivity contribution < 1.29 is 9.59 Å². The SMILES string of the molecule is O=C1CCCCCN1CCCNC(=O)N1CC=C(c2ccccc2)CC1. The zero-order valence-corrected chi connectivity index (χ0v) is 15.5. The molecule has 3 rings (SSSR count). The highest BCUT2D eigenvalue weighted by Crippen LogP contribution is 2.21. The molecule has 2 aliphatic rings. The van der Waals surface area contributed by atoms with E-state index in [1.807, 2.05) is 28.0 Å². The van der Waals surface area contributed by atoms with Crippen LogP contribution >= 0.6 is 0 Å². The first-order chi connectivity index (χ1) is 12.7. The Hall–Kier alpha value is -2.30. The van der Waals surface area contributed by atoms with E-state index in [0.717, 1.165) is 51.7 Å². The van der Waals surface area contributed by atoms with Gasteiger partial charge in [-0.1, -0.05) is 42.8 Å². The summed E-state index contributed by atoms with van der Waals surface area (Å²) in [6.45, 7) is 3.63. The van der Waals surface area contributed by atoms with Crippen molar-refractivity contribution in [1.29, 1.82) is 0 Å². The molecule has 2 aliphatic heterocycles. The minimum atomic E-state index is -0.00412. The number of carbonyl (C=O) groups excluding carboxylic acids is 2. The van der Waals surface area contributed by atoms with Gasteiger partial charge in [0, 0.05) is 39.1 Å². The molecule has 1 aromatic rings. The number of benzene rings is 1. The Morgan fingerprint density at radius 2 is 1.88 bits per heavy atom. The fraction of sp³-hybridized carbons (Fsp3) is 0.524. The molecule has 3 amide bonds. The van der Waals surface area contributed by atoms with Gasteiger partial charge in [-0.15, -0.1) is 0 Å². The normalized spacial score (nSPS) is 18.3. The average Bonchev–Trinajstić information content (AvgIpc) is 2.90. The summed E-state index contributed by atoms with van der Waals surface area (Å²) in [5, 5.41) is 3.00. The van der Waals surface area contributed by atoms with E-state index in [9.17, 15) is 9.59 Å². The Bertz CT molecular complexity index is 642. The third kappa shape index (κ3) is 5.10.